The highest BCUT2D eigenvalue weighted by atomic mass is 35.5. The molecule has 1 N–H and O–H groups in total. The number of nitrogens with one attached hydrogen (secondary N) is 1. The van der Waals surface area contributed by atoms with Crippen LogP contribution in [-0.4, -0.2) is 54.9 Å². The number of aromatic nitrogens is 1. The van der Waals surface area contributed by atoms with Crippen LogP contribution in [0.3, 0.4) is 0 Å². The molecule has 140 valence electrons. The number of aryl methyl sites for hydroxylation is 1. The van der Waals surface area contributed by atoms with Crippen LogP contribution in [0, 0.1) is 12.7 Å². The fraction of sp³-hybridized carbons (Fsp3) is 0.444. The molecule has 6 nitrogen and oxygen atoms in total. The minimum Gasteiger partial charge on any atom is -0.379 e. The van der Waals surface area contributed by atoms with Crippen molar-refractivity contribution in [3.8, 4) is 11.3 Å². The largest absolute Gasteiger partial charge is 0.379 e. The summed E-state index contributed by atoms with van der Waals surface area (Å²) in [4.78, 5) is 15.0. The van der Waals surface area contributed by atoms with Crippen LogP contribution in [0.4, 0.5) is 4.39 Å². The maximum absolute atomic E-state index is 14.2. The van der Waals surface area contributed by atoms with Crippen molar-refractivity contribution in [2.45, 2.75) is 19.9 Å². The summed E-state index contributed by atoms with van der Waals surface area (Å²) in [6.07, 6.45) is 0. The van der Waals surface area contributed by atoms with Crippen molar-refractivity contribution < 1.29 is 18.4 Å². The van der Waals surface area contributed by atoms with Gasteiger partial charge in [-0.15, -0.1) is 0 Å². The van der Waals surface area contributed by atoms with E-state index in [-0.39, 0.29) is 33.8 Å². The molecule has 8 heteroatoms. The lowest BCUT2D eigenvalue weighted by molar-refractivity contribution is 0.0204. The van der Waals surface area contributed by atoms with Crippen LogP contribution in [-0.2, 0) is 4.74 Å². The first kappa shape index (κ1) is 18.8. The van der Waals surface area contributed by atoms with Gasteiger partial charge in [-0.2, -0.15) is 0 Å². The second kappa shape index (κ2) is 8.16. The SMILES string of the molecule is Cc1onc(-c2c(F)cccc2Cl)c1C(=O)NCC(C)N1CCOCC1. The Hall–Kier alpha value is -1.96. The van der Waals surface area contributed by atoms with Crippen LogP contribution in [0.2, 0.25) is 5.02 Å². The highest BCUT2D eigenvalue weighted by Crippen LogP contribution is 2.33. The van der Waals surface area contributed by atoms with Crippen molar-refractivity contribution in [3.63, 3.8) is 0 Å². The van der Waals surface area contributed by atoms with Gasteiger partial charge in [0.1, 0.15) is 22.8 Å². The van der Waals surface area contributed by atoms with E-state index in [1.165, 1.54) is 12.1 Å². The molecule has 1 saturated heterocycles. The van der Waals surface area contributed by atoms with E-state index in [9.17, 15) is 9.18 Å². The molecule has 1 aliphatic heterocycles. The molecule has 0 aliphatic carbocycles. The van der Waals surface area contributed by atoms with Gasteiger partial charge in [0, 0.05) is 25.7 Å². The number of ether oxygens (including phenoxy) is 1. The minimum absolute atomic E-state index is 0.0670. The van der Waals surface area contributed by atoms with E-state index in [0.29, 0.717) is 25.5 Å². The van der Waals surface area contributed by atoms with Gasteiger partial charge in [-0.25, -0.2) is 4.39 Å². The van der Waals surface area contributed by atoms with Gasteiger partial charge < -0.3 is 14.6 Å². The normalized spacial score (nSPS) is 16.5. The zero-order valence-corrected chi connectivity index (χ0v) is 15.5. The average molecular weight is 382 g/mol. The fourth-order valence-corrected chi connectivity index (χ4v) is 3.26. The highest BCUT2D eigenvalue weighted by molar-refractivity contribution is 6.33. The standard InChI is InChI=1S/C18H21ClFN3O3/c1-11(23-6-8-25-9-7-23)10-21-18(24)15-12(2)26-22-17(15)16-13(19)4-3-5-14(16)20/h3-5,11H,6-10H2,1-2H3,(H,21,24). The maximum Gasteiger partial charge on any atom is 0.257 e. The second-order valence-electron chi connectivity index (χ2n) is 6.27. The molecule has 3 rings (SSSR count). The van der Waals surface area contributed by atoms with Crippen molar-refractivity contribution in [1.82, 2.24) is 15.4 Å². The predicted molar refractivity (Wildman–Crippen MR) is 95.8 cm³/mol. The van der Waals surface area contributed by atoms with Crippen LogP contribution in [0.1, 0.15) is 23.0 Å². The van der Waals surface area contributed by atoms with Crippen LogP contribution < -0.4 is 5.32 Å². The van der Waals surface area contributed by atoms with Crippen molar-refractivity contribution in [3.05, 3.63) is 40.4 Å². The summed E-state index contributed by atoms with van der Waals surface area (Å²) < 4.78 is 24.7. The van der Waals surface area contributed by atoms with Crippen LogP contribution in [0.15, 0.2) is 22.7 Å². The number of amides is 1. The molecule has 1 aromatic heterocycles. The van der Waals surface area contributed by atoms with E-state index in [1.54, 1.807) is 13.0 Å². The highest BCUT2D eigenvalue weighted by Gasteiger charge is 2.26. The molecule has 1 unspecified atom stereocenters. The minimum atomic E-state index is -0.554. The number of nitrogens with zero attached hydrogens (tertiary/aromatic N) is 2. The molecule has 0 radical (unpaired) electrons. The van der Waals surface area contributed by atoms with Crippen LogP contribution in [0.5, 0.6) is 0 Å². The quantitative estimate of drug-likeness (QED) is 0.862. The van der Waals surface area contributed by atoms with Crippen molar-refractivity contribution in [2.24, 2.45) is 0 Å². The van der Waals surface area contributed by atoms with Gasteiger partial charge in [0.2, 0.25) is 0 Å². The second-order valence-corrected chi connectivity index (χ2v) is 6.67. The number of rotatable bonds is 5. The van der Waals surface area contributed by atoms with Gasteiger partial charge in [-0.1, -0.05) is 22.8 Å². The molecule has 1 atom stereocenters. The van der Waals surface area contributed by atoms with E-state index >= 15 is 0 Å². The summed E-state index contributed by atoms with van der Waals surface area (Å²) in [5, 5.41) is 6.92. The number of carbonyl (C=O) groups is 1. The van der Waals surface area contributed by atoms with Crippen LogP contribution >= 0.6 is 11.6 Å². The van der Waals surface area contributed by atoms with E-state index in [1.807, 2.05) is 6.92 Å². The molecule has 1 aliphatic rings. The number of hydrogen-bond acceptors (Lipinski definition) is 5. The van der Waals surface area contributed by atoms with Crippen molar-refractivity contribution in [1.29, 1.82) is 0 Å². The first-order valence-electron chi connectivity index (χ1n) is 8.49. The Kier molecular flexibility index (Phi) is 5.90. The lowest BCUT2D eigenvalue weighted by Crippen LogP contribution is -2.47. The average Bonchev–Trinajstić information content (AvgIpc) is 3.01. The smallest absolute Gasteiger partial charge is 0.257 e. The Morgan fingerprint density at radius 2 is 2.15 bits per heavy atom. The topological polar surface area (TPSA) is 67.6 Å². The van der Waals surface area contributed by atoms with Gasteiger partial charge in [0.25, 0.3) is 5.91 Å². The van der Waals surface area contributed by atoms with E-state index in [2.05, 4.69) is 15.4 Å². The third-order valence-electron chi connectivity index (χ3n) is 4.52. The molecule has 2 heterocycles. The molecule has 26 heavy (non-hydrogen) atoms. The number of morpholine rings is 1. The number of halogens is 2. The molecule has 1 amide bonds. The van der Waals surface area contributed by atoms with E-state index in [4.69, 9.17) is 20.9 Å². The molecule has 0 spiro atoms. The van der Waals surface area contributed by atoms with Gasteiger partial charge >= 0.3 is 0 Å². The van der Waals surface area contributed by atoms with E-state index in [0.717, 1.165) is 13.1 Å². The fourth-order valence-electron chi connectivity index (χ4n) is 3.01. The number of benzene rings is 1. The van der Waals surface area contributed by atoms with Gasteiger partial charge in [-0.3, -0.25) is 9.69 Å². The summed E-state index contributed by atoms with van der Waals surface area (Å²) in [5.74, 6) is -0.601. The first-order chi connectivity index (χ1) is 12.5. The molecule has 2 aromatic rings. The summed E-state index contributed by atoms with van der Waals surface area (Å²) >= 11 is 6.11. The van der Waals surface area contributed by atoms with Crippen LogP contribution in [0.25, 0.3) is 11.3 Å². The summed E-state index contributed by atoms with van der Waals surface area (Å²) in [6.45, 7) is 7.16. The van der Waals surface area contributed by atoms with Gasteiger partial charge in [0.15, 0.2) is 0 Å². The Labute approximate surface area is 156 Å². The summed E-state index contributed by atoms with van der Waals surface area (Å²) in [6, 6.07) is 4.47. The zero-order chi connectivity index (χ0) is 18.7. The Morgan fingerprint density at radius 3 is 2.85 bits per heavy atom. The third kappa shape index (κ3) is 3.90. The summed E-state index contributed by atoms with van der Waals surface area (Å²) in [5.41, 5.74) is 0.380. The number of carbonyl (C=O) groups excluding carboxylic acids is 1. The maximum atomic E-state index is 14.2. The van der Waals surface area contributed by atoms with Crippen molar-refractivity contribution in [2.75, 3.05) is 32.8 Å². The molecular weight excluding hydrogens is 361 g/mol. The number of hydrogen-bond donors (Lipinski definition) is 1. The molecule has 1 fully saturated rings. The summed E-state index contributed by atoms with van der Waals surface area (Å²) in [7, 11) is 0. The van der Waals surface area contributed by atoms with Gasteiger partial charge in [0.05, 0.1) is 23.8 Å². The van der Waals surface area contributed by atoms with Crippen molar-refractivity contribution >= 4 is 17.5 Å². The Morgan fingerprint density at radius 1 is 1.42 bits per heavy atom. The lowest BCUT2D eigenvalue weighted by atomic mass is 10.0. The predicted octanol–water partition coefficient (Wildman–Crippen LogP) is 2.89. The third-order valence-corrected chi connectivity index (χ3v) is 4.83. The molecule has 1 aromatic carbocycles. The molecule has 0 saturated carbocycles. The van der Waals surface area contributed by atoms with Gasteiger partial charge in [-0.05, 0) is 26.0 Å². The molecule has 0 bridgehead atoms. The molecular formula is C18H21ClFN3O3. The first-order valence-corrected chi connectivity index (χ1v) is 8.87. The monoisotopic (exact) mass is 381 g/mol. The zero-order valence-electron chi connectivity index (χ0n) is 14.7. The Balaban J connectivity index is 1.77. The lowest BCUT2D eigenvalue weighted by Gasteiger charge is -2.32. The van der Waals surface area contributed by atoms with E-state index < -0.39 is 5.82 Å². The Bertz CT molecular complexity index is 770.